The van der Waals surface area contributed by atoms with Gasteiger partial charge in [-0.25, -0.2) is 0 Å². The molecule has 0 saturated heterocycles. The maximum atomic E-state index is 11.9. The van der Waals surface area contributed by atoms with Gasteiger partial charge in [-0.05, 0) is 48.9 Å². The van der Waals surface area contributed by atoms with Crippen molar-refractivity contribution in [2.75, 3.05) is 12.4 Å². The number of hydrogen-bond donors (Lipinski definition) is 1. The average Bonchev–Trinajstić information content (AvgIpc) is 3.17. The number of amides is 1. The lowest BCUT2D eigenvalue weighted by Gasteiger charge is -2.05. The summed E-state index contributed by atoms with van der Waals surface area (Å²) in [6.45, 7) is 2.06. The summed E-state index contributed by atoms with van der Waals surface area (Å²) in [5, 5.41) is 6.93. The number of aromatic nitrogens is 2. The van der Waals surface area contributed by atoms with Crippen LogP contribution in [0.1, 0.15) is 26.2 Å². The molecule has 6 nitrogen and oxygen atoms in total. The van der Waals surface area contributed by atoms with E-state index >= 15 is 0 Å². The van der Waals surface area contributed by atoms with E-state index in [1.807, 2.05) is 48.5 Å². The molecule has 0 bridgehead atoms. The van der Waals surface area contributed by atoms with Crippen LogP contribution in [0.3, 0.4) is 0 Å². The number of nitrogens with zero attached hydrogens (tertiary/aromatic N) is 2. The molecule has 1 aromatic heterocycles. The van der Waals surface area contributed by atoms with Gasteiger partial charge in [-0.1, -0.05) is 24.6 Å². The Hall–Kier alpha value is -3.15. The molecule has 2 aromatic carbocycles. The van der Waals surface area contributed by atoms with Crippen molar-refractivity contribution in [2.45, 2.75) is 26.2 Å². The van der Waals surface area contributed by atoms with E-state index in [2.05, 4.69) is 22.4 Å². The lowest BCUT2D eigenvalue weighted by atomic mass is 10.2. The van der Waals surface area contributed by atoms with E-state index in [1.165, 1.54) is 0 Å². The monoisotopic (exact) mass is 351 g/mol. The lowest BCUT2D eigenvalue weighted by Crippen LogP contribution is -2.10. The smallest absolute Gasteiger partial charge is 0.258 e. The molecule has 0 aliphatic rings. The maximum Gasteiger partial charge on any atom is 0.258 e. The van der Waals surface area contributed by atoms with Crippen molar-refractivity contribution in [3.05, 3.63) is 48.5 Å². The molecule has 1 amide bonds. The van der Waals surface area contributed by atoms with Gasteiger partial charge in [0.1, 0.15) is 5.75 Å². The van der Waals surface area contributed by atoms with Gasteiger partial charge < -0.3 is 14.6 Å². The second kappa shape index (κ2) is 8.29. The highest BCUT2D eigenvalue weighted by atomic mass is 16.5. The van der Waals surface area contributed by atoms with Crippen LogP contribution < -0.4 is 10.1 Å². The minimum atomic E-state index is 0.00782. The molecule has 0 fully saturated rings. The number of carbonyl (C=O) groups is 1. The number of anilines is 1. The van der Waals surface area contributed by atoms with Crippen LogP contribution in [0, 0.1) is 0 Å². The summed E-state index contributed by atoms with van der Waals surface area (Å²) in [6.07, 6.45) is 2.38. The average molecular weight is 351 g/mol. The molecule has 0 radical (unpaired) electrons. The molecule has 6 heteroatoms. The number of rotatable bonds is 7. The summed E-state index contributed by atoms with van der Waals surface area (Å²) >= 11 is 0. The van der Waals surface area contributed by atoms with Crippen molar-refractivity contribution in [3.8, 4) is 28.6 Å². The van der Waals surface area contributed by atoms with Crippen LogP contribution in [-0.4, -0.2) is 23.2 Å². The van der Waals surface area contributed by atoms with Gasteiger partial charge in [0.15, 0.2) is 0 Å². The molecule has 0 aliphatic carbocycles. The number of unbranched alkanes of at least 4 members (excludes halogenated alkanes) is 1. The molecular weight excluding hydrogens is 330 g/mol. The highest BCUT2D eigenvalue weighted by Gasteiger charge is 2.12. The molecule has 26 heavy (non-hydrogen) atoms. The maximum absolute atomic E-state index is 11.9. The molecule has 3 rings (SSSR count). The van der Waals surface area contributed by atoms with Crippen LogP contribution in [-0.2, 0) is 4.79 Å². The fourth-order valence-electron chi connectivity index (χ4n) is 2.49. The second-order valence-corrected chi connectivity index (χ2v) is 5.88. The lowest BCUT2D eigenvalue weighted by molar-refractivity contribution is -0.116. The first kappa shape index (κ1) is 17.7. The summed E-state index contributed by atoms with van der Waals surface area (Å²) in [4.78, 5) is 16.3. The molecule has 0 saturated carbocycles. The Kier molecular flexibility index (Phi) is 5.63. The van der Waals surface area contributed by atoms with E-state index in [1.54, 1.807) is 7.11 Å². The summed E-state index contributed by atoms with van der Waals surface area (Å²) in [5.41, 5.74) is 2.31. The van der Waals surface area contributed by atoms with E-state index < -0.39 is 0 Å². The Balaban J connectivity index is 1.76. The van der Waals surface area contributed by atoms with Crippen LogP contribution >= 0.6 is 0 Å². The number of benzene rings is 2. The second-order valence-electron chi connectivity index (χ2n) is 5.88. The molecule has 1 heterocycles. The number of ether oxygens (including phenoxy) is 1. The Morgan fingerprint density at radius 2 is 1.96 bits per heavy atom. The number of carbonyl (C=O) groups excluding carboxylic acids is 1. The number of hydrogen-bond acceptors (Lipinski definition) is 5. The summed E-state index contributed by atoms with van der Waals surface area (Å²) in [6, 6.07) is 14.8. The normalized spacial score (nSPS) is 10.5. The minimum absolute atomic E-state index is 0.00782. The Morgan fingerprint density at radius 1 is 1.15 bits per heavy atom. The Bertz CT molecular complexity index is 872. The van der Waals surface area contributed by atoms with Crippen molar-refractivity contribution >= 4 is 11.6 Å². The van der Waals surface area contributed by atoms with Gasteiger partial charge in [0, 0.05) is 23.2 Å². The SMILES string of the molecule is CCCCC(=O)Nc1cccc(-c2nc(-c3ccc(OC)cc3)no2)c1. The third-order valence-corrected chi connectivity index (χ3v) is 3.92. The van der Waals surface area contributed by atoms with Gasteiger partial charge >= 0.3 is 0 Å². The van der Waals surface area contributed by atoms with Crippen LogP contribution in [0.4, 0.5) is 5.69 Å². The first-order valence-corrected chi connectivity index (χ1v) is 8.58. The Labute approximate surface area is 152 Å². The quantitative estimate of drug-likeness (QED) is 0.676. The van der Waals surface area contributed by atoms with E-state index in [9.17, 15) is 4.79 Å². The van der Waals surface area contributed by atoms with Crippen LogP contribution in [0.5, 0.6) is 5.75 Å². The van der Waals surface area contributed by atoms with Crippen molar-refractivity contribution in [2.24, 2.45) is 0 Å². The number of methoxy groups -OCH3 is 1. The summed E-state index contributed by atoms with van der Waals surface area (Å²) < 4.78 is 10.5. The fraction of sp³-hybridized carbons (Fsp3) is 0.250. The van der Waals surface area contributed by atoms with Gasteiger partial charge in [0.25, 0.3) is 5.89 Å². The largest absolute Gasteiger partial charge is 0.497 e. The highest BCUT2D eigenvalue weighted by molar-refractivity contribution is 5.91. The van der Waals surface area contributed by atoms with Crippen molar-refractivity contribution in [3.63, 3.8) is 0 Å². The molecule has 3 aromatic rings. The standard InChI is InChI=1S/C20H21N3O3/c1-3-4-8-18(24)21-16-7-5-6-15(13-16)20-22-19(23-26-20)14-9-11-17(25-2)12-10-14/h5-7,9-13H,3-4,8H2,1-2H3,(H,21,24). The number of nitrogens with one attached hydrogen (secondary N) is 1. The van der Waals surface area contributed by atoms with Crippen molar-refractivity contribution < 1.29 is 14.1 Å². The molecule has 0 atom stereocenters. The first-order chi connectivity index (χ1) is 12.7. The van der Waals surface area contributed by atoms with Crippen molar-refractivity contribution in [1.29, 1.82) is 0 Å². The Morgan fingerprint density at radius 3 is 2.69 bits per heavy atom. The molecule has 0 spiro atoms. The zero-order valence-electron chi connectivity index (χ0n) is 14.9. The van der Waals surface area contributed by atoms with E-state index in [0.29, 0.717) is 23.8 Å². The fourth-order valence-corrected chi connectivity index (χ4v) is 2.49. The van der Waals surface area contributed by atoms with Crippen LogP contribution in [0.25, 0.3) is 22.8 Å². The summed E-state index contributed by atoms with van der Waals surface area (Å²) in [7, 11) is 1.62. The van der Waals surface area contributed by atoms with Gasteiger partial charge in [0.05, 0.1) is 7.11 Å². The van der Waals surface area contributed by atoms with Gasteiger partial charge in [0.2, 0.25) is 11.7 Å². The van der Waals surface area contributed by atoms with Crippen molar-refractivity contribution in [1.82, 2.24) is 10.1 Å². The predicted molar refractivity (Wildman–Crippen MR) is 99.9 cm³/mol. The zero-order valence-corrected chi connectivity index (χ0v) is 14.9. The van der Waals surface area contributed by atoms with E-state index in [0.717, 1.165) is 29.7 Å². The third-order valence-electron chi connectivity index (χ3n) is 3.92. The van der Waals surface area contributed by atoms with Crippen LogP contribution in [0.15, 0.2) is 53.1 Å². The van der Waals surface area contributed by atoms with E-state index in [4.69, 9.17) is 9.26 Å². The van der Waals surface area contributed by atoms with Crippen LogP contribution in [0.2, 0.25) is 0 Å². The zero-order chi connectivity index (χ0) is 18.4. The molecule has 134 valence electrons. The topological polar surface area (TPSA) is 77.2 Å². The van der Waals surface area contributed by atoms with Gasteiger partial charge in [-0.15, -0.1) is 0 Å². The van der Waals surface area contributed by atoms with E-state index in [-0.39, 0.29) is 5.91 Å². The summed E-state index contributed by atoms with van der Waals surface area (Å²) in [5.74, 6) is 1.68. The molecule has 0 aliphatic heterocycles. The predicted octanol–water partition coefficient (Wildman–Crippen LogP) is 4.54. The highest BCUT2D eigenvalue weighted by Crippen LogP contribution is 2.25. The molecular formula is C20H21N3O3. The van der Waals surface area contributed by atoms with Gasteiger partial charge in [-0.3, -0.25) is 4.79 Å². The minimum Gasteiger partial charge on any atom is -0.497 e. The molecule has 0 unspecified atom stereocenters. The van der Waals surface area contributed by atoms with Gasteiger partial charge in [-0.2, -0.15) is 4.98 Å². The molecule has 1 N–H and O–H groups in total. The third kappa shape index (κ3) is 4.27. The first-order valence-electron chi connectivity index (χ1n) is 8.58.